The molecule has 0 saturated heterocycles. The Bertz CT molecular complexity index is 1690. The van der Waals surface area contributed by atoms with E-state index in [0.29, 0.717) is 38.2 Å². The number of aromatic hydroxyl groups is 1. The minimum atomic E-state index is -5.08. The number of carbonyl (C=O) groups is 3. The molecule has 0 fully saturated rings. The number of halogens is 3. The number of hydrogen-bond donors (Lipinski definition) is 5. The molecule has 13 heteroatoms. The number of aliphatic carboxylic acids is 1. The van der Waals surface area contributed by atoms with Crippen LogP contribution in [0.1, 0.15) is 27.9 Å². The summed E-state index contributed by atoms with van der Waals surface area (Å²) >= 11 is 0. The fourth-order valence-electron chi connectivity index (χ4n) is 5.06. The lowest BCUT2D eigenvalue weighted by Gasteiger charge is -2.28. The fraction of sp³-hybridized carbons (Fsp3) is 0.270. The van der Waals surface area contributed by atoms with Gasteiger partial charge in [-0.1, -0.05) is 66.7 Å². The van der Waals surface area contributed by atoms with E-state index in [2.05, 4.69) is 22.3 Å². The number of para-hydroxylation sites is 1. The number of hydrogen-bond acceptors (Lipinski definition) is 7. The van der Waals surface area contributed by atoms with Gasteiger partial charge < -0.3 is 36.8 Å². The first-order valence-corrected chi connectivity index (χ1v) is 15.8. The van der Waals surface area contributed by atoms with Crippen LogP contribution in [0.5, 0.6) is 5.75 Å². The number of carbonyl (C=O) groups excluding carboxylic acids is 2. The molecule has 0 spiro atoms. The minimum Gasteiger partial charge on any atom is -0.508 e. The van der Waals surface area contributed by atoms with Crippen molar-refractivity contribution in [3.8, 4) is 16.9 Å². The summed E-state index contributed by atoms with van der Waals surface area (Å²) in [5.41, 5.74) is 17.2. The third kappa shape index (κ3) is 12.2. The SMILES string of the molecule is CN(CCCN(Cc1cccc(-c2ccccc2C(=O)NCCN)c1)C(=O)C(N)Cc1ccc(O)cc1)c1ccccc1.O=C(O)C(F)(F)F. The Morgan fingerprint density at radius 2 is 1.50 bits per heavy atom. The number of carboxylic acids is 1. The summed E-state index contributed by atoms with van der Waals surface area (Å²) in [7, 11) is 2.04. The second kappa shape index (κ2) is 19.0. The predicted octanol–water partition coefficient (Wildman–Crippen LogP) is 4.81. The van der Waals surface area contributed by atoms with E-state index in [9.17, 15) is 27.9 Å². The van der Waals surface area contributed by atoms with Crippen molar-refractivity contribution in [3.63, 3.8) is 0 Å². The maximum absolute atomic E-state index is 13.7. The second-order valence-electron chi connectivity index (χ2n) is 11.4. The number of carboxylic acid groups (broad SMARTS) is 1. The summed E-state index contributed by atoms with van der Waals surface area (Å²) in [4.78, 5) is 39.4. The van der Waals surface area contributed by atoms with Crippen molar-refractivity contribution in [2.24, 2.45) is 11.5 Å². The standard InChI is InChI=1S/C35H41N5O3.C2HF3O2/c1-39(29-11-3-2-4-12-29)21-8-22-40(35(43)33(37)24-26-15-17-30(41)18-16-26)25-27-9-7-10-28(23-27)31-13-5-6-14-32(31)34(42)38-20-19-36;3-2(4,5)1(6)7/h2-7,9-18,23,33,41H,8,19-22,24-25,36-37H2,1H3,(H,38,42);(H,6,7). The van der Waals surface area contributed by atoms with Crippen molar-refractivity contribution in [2.45, 2.75) is 31.6 Å². The molecule has 4 aromatic rings. The van der Waals surface area contributed by atoms with Gasteiger partial charge in [-0.2, -0.15) is 13.2 Å². The van der Waals surface area contributed by atoms with Crippen molar-refractivity contribution in [1.82, 2.24) is 10.2 Å². The number of benzene rings is 4. The third-order valence-corrected chi connectivity index (χ3v) is 7.59. The van der Waals surface area contributed by atoms with Crippen LogP contribution in [0.2, 0.25) is 0 Å². The molecular formula is C37H42F3N5O5. The molecule has 0 aliphatic heterocycles. The maximum atomic E-state index is 13.7. The molecular weight excluding hydrogens is 651 g/mol. The minimum absolute atomic E-state index is 0.137. The van der Waals surface area contributed by atoms with Gasteiger partial charge in [-0.25, -0.2) is 4.79 Å². The molecule has 4 aromatic carbocycles. The molecule has 0 heterocycles. The Balaban J connectivity index is 0.000000872. The van der Waals surface area contributed by atoms with Crippen LogP contribution in [0.3, 0.4) is 0 Å². The zero-order valence-corrected chi connectivity index (χ0v) is 27.6. The highest BCUT2D eigenvalue weighted by atomic mass is 19.4. The molecule has 10 nitrogen and oxygen atoms in total. The van der Waals surface area contributed by atoms with E-state index in [1.165, 1.54) is 0 Å². The molecule has 0 saturated carbocycles. The number of nitrogens with two attached hydrogens (primary N) is 2. The van der Waals surface area contributed by atoms with Crippen molar-refractivity contribution >= 4 is 23.5 Å². The van der Waals surface area contributed by atoms with Gasteiger partial charge in [0.1, 0.15) is 5.75 Å². The summed E-state index contributed by atoms with van der Waals surface area (Å²) < 4.78 is 31.7. The molecule has 0 aromatic heterocycles. The number of alkyl halides is 3. The highest BCUT2D eigenvalue weighted by molar-refractivity contribution is 6.00. The monoisotopic (exact) mass is 693 g/mol. The average molecular weight is 694 g/mol. The molecule has 0 aliphatic rings. The summed E-state index contributed by atoms with van der Waals surface area (Å²) in [5.74, 6) is -2.90. The van der Waals surface area contributed by atoms with Gasteiger partial charge >= 0.3 is 12.1 Å². The molecule has 0 radical (unpaired) electrons. The largest absolute Gasteiger partial charge is 0.508 e. The van der Waals surface area contributed by atoms with Gasteiger partial charge in [-0.3, -0.25) is 9.59 Å². The first-order valence-electron chi connectivity index (χ1n) is 15.8. The van der Waals surface area contributed by atoms with Gasteiger partial charge in [-0.15, -0.1) is 0 Å². The van der Waals surface area contributed by atoms with Crippen molar-refractivity contribution in [1.29, 1.82) is 0 Å². The Labute approximate surface area is 289 Å². The van der Waals surface area contributed by atoms with Crippen LogP contribution >= 0.6 is 0 Å². The second-order valence-corrected chi connectivity index (χ2v) is 11.4. The number of rotatable bonds is 14. The number of anilines is 1. The number of nitrogens with one attached hydrogen (secondary N) is 1. The molecule has 4 rings (SSSR count). The molecule has 266 valence electrons. The van der Waals surface area contributed by atoms with Crippen LogP contribution in [0.15, 0.2) is 103 Å². The first kappa shape index (κ1) is 39.0. The van der Waals surface area contributed by atoms with E-state index in [1.807, 2.05) is 72.6 Å². The number of phenolic OH excluding ortho intramolecular Hbond substituents is 1. The lowest BCUT2D eigenvalue weighted by atomic mass is 9.97. The van der Waals surface area contributed by atoms with E-state index in [4.69, 9.17) is 21.4 Å². The Kier molecular flexibility index (Phi) is 14.8. The van der Waals surface area contributed by atoms with E-state index in [-0.39, 0.29) is 17.6 Å². The predicted molar refractivity (Wildman–Crippen MR) is 186 cm³/mol. The maximum Gasteiger partial charge on any atom is 0.490 e. The normalized spacial score (nSPS) is 11.5. The highest BCUT2D eigenvalue weighted by Gasteiger charge is 2.38. The third-order valence-electron chi connectivity index (χ3n) is 7.59. The number of phenols is 1. The van der Waals surface area contributed by atoms with E-state index in [0.717, 1.165) is 40.9 Å². The molecule has 50 heavy (non-hydrogen) atoms. The molecule has 1 atom stereocenters. The van der Waals surface area contributed by atoms with Crippen LogP contribution in [-0.4, -0.2) is 78.3 Å². The summed E-state index contributed by atoms with van der Waals surface area (Å²) in [6.07, 6.45) is -3.96. The van der Waals surface area contributed by atoms with Gasteiger partial charge in [-0.05, 0) is 71.5 Å². The van der Waals surface area contributed by atoms with Crippen LogP contribution in [0, 0.1) is 0 Å². The lowest BCUT2D eigenvalue weighted by molar-refractivity contribution is -0.192. The zero-order valence-electron chi connectivity index (χ0n) is 27.6. The Morgan fingerprint density at radius 3 is 2.14 bits per heavy atom. The van der Waals surface area contributed by atoms with Crippen LogP contribution < -0.4 is 21.7 Å². The van der Waals surface area contributed by atoms with E-state index in [1.54, 1.807) is 30.3 Å². The van der Waals surface area contributed by atoms with Crippen molar-refractivity contribution in [2.75, 3.05) is 38.1 Å². The molecule has 7 N–H and O–H groups in total. The Hall–Kier alpha value is -5.40. The van der Waals surface area contributed by atoms with E-state index < -0.39 is 18.2 Å². The molecule has 2 amide bonds. The van der Waals surface area contributed by atoms with Gasteiger partial charge in [0.05, 0.1) is 6.04 Å². The smallest absolute Gasteiger partial charge is 0.490 e. The van der Waals surface area contributed by atoms with Crippen molar-refractivity contribution in [3.05, 3.63) is 120 Å². The van der Waals surface area contributed by atoms with Crippen LogP contribution in [0.25, 0.3) is 11.1 Å². The van der Waals surface area contributed by atoms with Gasteiger partial charge in [0.2, 0.25) is 5.91 Å². The zero-order chi connectivity index (χ0) is 36.7. The first-order chi connectivity index (χ1) is 23.8. The summed E-state index contributed by atoms with van der Waals surface area (Å²) in [6, 6.07) is 31.6. The van der Waals surface area contributed by atoms with Crippen LogP contribution in [0.4, 0.5) is 18.9 Å². The summed E-state index contributed by atoms with van der Waals surface area (Å²) in [6.45, 7) is 2.44. The van der Waals surface area contributed by atoms with Gasteiger partial charge in [0.15, 0.2) is 0 Å². The van der Waals surface area contributed by atoms with Crippen LogP contribution in [-0.2, 0) is 22.6 Å². The van der Waals surface area contributed by atoms with Gasteiger partial charge in [0.25, 0.3) is 5.91 Å². The van der Waals surface area contributed by atoms with E-state index >= 15 is 0 Å². The number of nitrogens with zero attached hydrogens (tertiary/aromatic N) is 2. The number of amides is 2. The summed E-state index contributed by atoms with van der Waals surface area (Å²) in [5, 5.41) is 19.6. The average Bonchev–Trinajstić information content (AvgIpc) is 3.11. The van der Waals surface area contributed by atoms with Gasteiger partial charge in [0, 0.05) is 51.0 Å². The quantitative estimate of drug-likeness (QED) is 0.126. The molecule has 1 unspecified atom stereocenters. The van der Waals surface area contributed by atoms with Crippen molar-refractivity contribution < 1.29 is 37.8 Å². The lowest BCUT2D eigenvalue weighted by Crippen LogP contribution is -2.45. The topological polar surface area (TPSA) is 162 Å². The molecule has 0 aliphatic carbocycles. The molecule has 0 bridgehead atoms. The Morgan fingerprint density at radius 1 is 0.860 bits per heavy atom. The highest BCUT2D eigenvalue weighted by Crippen LogP contribution is 2.26. The fourth-order valence-corrected chi connectivity index (χ4v) is 5.06.